The minimum absolute atomic E-state index is 0.101. The van der Waals surface area contributed by atoms with Gasteiger partial charge >= 0.3 is 0 Å². The van der Waals surface area contributed by atoms with E-state index in [0.29, 0.717) is 20.0 Å². The summed E-state index contributed by atoms with van der Waals surface area (Å²) in [6.45, 7) is 1.98. The maximum atomic E-state index is 12.9. The van der Waals surface area contributed by atoms with Crippen LogP contribution >= 0.6 is 35.6 Å². The zero-order valence-corrected chi connectivity index (χ0v) is 17.4. The lowest BCUT2D eigenvalue weighted by molar-refractivity contribution is -0.123. The van der Waals surface area contributed by atoms with E-state index >= 15 is 0 Å². The molecule has 2 aromatic carbocycles. The van der Waals surface area contributed by atoms with Crippen molar-refractivity contribution in [1.29, 1.82) is 0 Å². The number of amides is 1. The second-order valence-corrected chi connectivity index (χ2v) is 8.46. The first-order valence-electron chi connectivity index (χ1n) is 8.71. The highest BCUT2D eigenvalue weighted by molar-refractivity contribution is 8.26. The van der Waals surface area contributed by atoms with Gasteiger partial charge in [0.05, 0.1) is 10.9 Å². The van der Waals surface area contributed by atoms with Gasteiger partial charge in [0.2, 0.25) is 0 Å². The van der Waals surface area contributed by atoms with Gasteiger partial charge in [0.25, 0.3) is 5.91 Å². The molecule has 0 spiro atoms. The maximum absolute atomic E-state index is 12.9. The number of hydrogen-bond donors (Lipinski definition) is 0. The lowest BCUT2D eigenvalue weighted by Gasteiger charge is -2.23. The predicted octanol–water partition coefficient (Wildman–Crippen LogP) is 6.56. The summed E-state index contributed by atoms with van der Waals surface area (Å²) in [6.07, 6.45) is 1.75. The molecule has 140 valence electrons. The molecule has 3 nitrogen and oxygen atoms in total. The van der Waals surface area contributed by atoms with E-state index in [1.807, 2.05) is 73.7 Å². The highest BCUT2D eigenvalue weighted by Crippen LogP contribution is 2.38. The molecule has 1 aromatic heterocycles. The second-order valence-electron chi connectivity index (χ2n) is 6.35. The van der Waals surface area contributed by atoms with Crippen molar-refractivity contribution in [2.24, 2.45) is 0 Å². The van der Waals surface area contributed by atoms with Crippen molar-refractivity contribution in [3.05, 3.63) is 88.0 Å². The lowest BCUT2D eigenvalue weighted by atomic mass is 10.1. The first kappa shape index (κ1) is 19.0. The molecule has 1 saturated heterocycles. The van der Waals surface area contributed by atoms with E-state index in [1.54, 1.807) is 11.0 Å². The van der Waals surface area contributed by atoms with Crippen molar-refractivity contribution >= 4 is 51.9 Å². The van der Waals surface area contributed by atoms with E-state index < -0.39 is 0 Å². The molecule has 0 N–H and O–H groups in total. The number of rotatable bonds is 4. The van der Waals surface area contributed by atoms with Crippen molar-refractivity contribution in [1.82, 2.24) is 4.90 Å². The molecule has 0 radical (unpaired) electrons. The minimum Gasteiger partial charge on any atom is -0.457 e. The van der Waals surface area contributed by atoms with Gasteiger partial charge in [0, 0.05) is 16.7 Å². The average molecular weight is 426 g/mol. The minimum atomic E-state index is -0.124. The summed E-state index contributed by atoms with van der Waals surface area (Å²) < 4.78 is 6.44. The third-order valence-corrected chi connectivity index (χ3v) is 6.10. The zero-order valence-electron chi connectivity index (χ0n) is 15.0. The van der Waals surface area contributed by atoms with Crippen LogP contribution in [-0.4, -0.2) is 15.1 Å². The summed E-state index contributed by atoms with van der Waals surface area (Å²) in [6, 6.07) is 20.9. The number of halogens is 1. The molecular formula is C22H16ClNO2S2. The van der Waals surface area contributed by atoms with Crippen molar-refractivity contribution in [2.75, 3.05) is 0 Å². The molecule has 28 heavy (non-hydrogen) atoms. The molecule has 1 atom stereocenters. The smallest absolute Gasteiger partial charge is 0.266 e. The summed E-state index contributed by atoms with van der Waals surface area (Å²) in [4.78, 5) is 15.2. The largest absolute Gasteiger partial charge is 0.457 e. The Labute approximate surface area is 178 Å². The summed E-state index contributed by atoms with van der Waals surface area (Å²) in [5.74, 6) is 1.23. The number of carbonyl (C=O) groups is 1. The maximum Gasteiger partial charge on any atom is 0.266 e. The van der Waals surface area contributed by atoms with Crippen LogP contribution in [0.25, 0.3) is 17.4 Å². The molecule has 0 saturated carbocycles. The molecule has 2 heterocycles. The SMILES string of the molecule is C[C@@H](c1ccccc1)N1C(=O)/C(=C\c2ccc(-c3ccc(Cl)cc3)o2)SC1=S. The molecular weight excluding hydrogens is 410 g/mol. The molecule has 4 rings (SSSR count). The molecule has 1 amide bonds. The van der Waals surface area contributed by atoms with Crippen molar-refractivity contribution in [3.8, 4) is 11.3 Å². The van der Waals surface area contributed by atoms with Crippen LogP contribution in [0.2, 0.25) is 5.02 Å². The molecule has 1 aliphatic heterocycles. The first-order chi connectivity index (χ1) is 13.5. The van der Waals surface area contributed by atoms with Crippen LogP contribution in [0.4, 0.5) is 0 Å². The van der Waals surface area contributed by atoms with Crippen LogP contribution in [0.15, 0.2) is 76.1 Å². The normalized spacial score (nSPS) is 16.8. The average Bonchev–Trinajstić information content (AvgIpc) is 3.27. The number of benzene rings is 2. The Hall–Kier alpha value is -2.34. The fourth-order valence-corrected chi connectivity index (χ4v) is 4.55. The third kappa shape index (κ3) is 3.78. The fraction of sp³-hybridized carbons (Fsp3) is 0.0909. The highest BCUT2D eigenvalue weighted by atomic mass is 35.5. The van der Waals surface area contributed by atoms with Gasteiger partial charge in [-0.1, -0.05) is 65.9 Å². The van der Waals surface area contributed by atoms with Crippen molar-refractivity contribution in [2.45, 2.75) is 13.0 Å². The Morgan fingerprint density at radius 3 is 2.50 bits per heavy atom. The summed E-state index contributed by atoms with van der Waals surface area (Å²) in [5.41, 5.74) is 1.97. The Morgan fingerprint density at radius 1 is 1.07 bits per heavy atom. The topological polar surface area (TPSA) is 33.5 Å². The Morgan fingerprint density at radius 2 is 1.79 bits per heavy atom. The summed E-state index contributed by atoms with van der Waals surface area (Å²) in [5, 5.41) is 0.673. The predicted molar refractivity (Wildman–Crippen MR) is 119 cm³/mol. The van der Waals surface area contributed by atoms with Gasteiger partial charge in [-0.05, 0) is 48.9 Å². The molecule has 6 heteroatoms. The van der Waals surface area contributed by atoms with Gasteiger partial charge in [0.1, 0.15) is 15.8 Å². The van der Waals surface area contributed by atoms with Crippen molar-refractivity contribution < 1.29 is 9.21 Å². The van der Waals surface area contributed by atoms with Gasteiger partial charge in [0.15, 0.2) is 0 Å². The molecule has 1 fully saturated rings. The molecule has 0 bridgehead atoms. The van der Waals surface area contributed by atoms with Gasteiger partial charge in [-0.25, -0.2) is 0 Å². The van der Waals surface area contributed by atoms with Crippen LogP contribution in [0, 0.1) is 0 Å². The molecule has 1 aliphatic rings. The number of thioether (sulfide) groups is 1. The summed E-state index contributed by atoms with van der Waals surface area (Å²) >= 11 is 12.7. The number of nitrogens with zero attached hydrogens (tertiary/aromatic N) is 1. The van der Waals surface area contributed by atoms with Crippen LogP contribution in [-0.2, 0) is 4.79 Å². The molecule has 0 aliphatic carbocycles. The van der Waals surface area contributed by atoms with Gasteiger partial charge in [-0.2, -0.15) is 0 Å². The van der Waals surface area contributed by atoms with Gasteiger partial charge < -0.3 is 4.42 Å². The first-order valence-corrected chi connectivity index (χ1v) is 10.3. The van der Waals surface area contributed by atoms with E-state index in [-0.39, 0.29) is 11.9 Å². The third-order valence-electron chi connectivity index (χ3n) is 4.52. The number of hydrogen-bond acceptors (Lipinski definition) is 4. The molecule has 3 aromatic rings. The van der Waals surface area contributed by atoms with E-state index in [0.717, 1.165) is 16.9 Å². The van der Waals surface area contributed by atoms with Crippen LogP contribution < -0.4 is 0 Å². The highest BCUT2D eigenvalue weighted by Gasteiger charge is 2.36. The number of thiocarbonyl (C=S) groups is 1. The Bertz CT molecular complexity index is 1060. The van der Waals surface area contributed by atoms with E-state index in [1.165, 1.54) is 11.8 Å². The second kappa shape index (κ2) is 7.95. The van der Waals surface area contributed by atoms with E-state index in [4.69, 9.17) is 28.2 Å². The van der Waals surface area contributed by atoms with Crippen LogP contribution in [0.5, 0.6) is 0 Å². The van der Waals surface area contributed by atoms with Gasteiger partial charge in [-0.3, -0.25) is 9.69 Å². The molecule has 0 unspecified atom stereocenters. The number of carbonyl (C=O) groups excluding carboxylic acids is 1. The summed E-state index contributed by atoms with van der Waals surface area (Å²) in [7, 11) is 0. The van der Waals surface area contributed by atoms with Crippen LogP contribution in [0.3, 0.4) is 0 Å². The van der Waals surface area contributed by atoms with Crippen molar-refractivity contribution in [3.63, 3.8) is 0 Å². The lowest BCUT2D eigenvalue weighted by Crippen LogP contribution is -2.30. The fourth-order valence-electron chi connectivity index (χ4n) is 3.02. The monoisotopic (exact) mass is 425 g/mol. The van der Waals surface area contributed by atoms with Crippen LogP contribution in [0.1, 0.15) is 24.3 Å². The van der Waals surface area contributed by atoms with E-state index in [2.05, 4.69) is 0 Å². The zero-order chi connectivity index (χ0) is 19.7. The Kier molecular flexibility index (Phi) is 5.40. The van der Waals surface area contributed by atoms with E-state index in [9.17, 15) is 4.79 Å². The number of furan rings is 1. The quantitative estimate of drug-likeness (QED) is 0.350. The Balaban J connectivity index is 1.57. The van der Waals surface area contributed by atoms with Gasteiger partial charge in [-0.15, -0.1) is 0 Å². The standard InChI is InChI=1S/C22H16ClNO2S2/c1-14(15-5-3-2-4-6-15)24-21(25)20(28-22(24)27)13-18-11-12-19(26-18)16-7-9-17(23)10-8-16/h2-14H,1H3/b20-13+/t14-/m0/s1.